The molecule has 12 heavy (non-hydrogen) atoms. The lowest BCUT2D eigenvalue weighted by atomic mass is 10.1. The van der Waals surface area contributed by atoms with Crippen molar-refractivity contribution in [1.29, 1.82) is 0 Å². The van der Waals surface area contributed by atoms with E-state index >= 15 is 0 Å². The minimum absolute atomic E-state index is 0.0776. The molecular formula is C10H10O2. The van der Waals surface area contributed by atoms with Crippen LogP contribution >= 0.6 is 0 Å². The Hall–Kier alpha value is -1.28. The van der Waals surface area contributed by atoms with Crippen molar-refractivity contribution < 1.29 is 9.47 Å². The van der Waals surface area contributed by atoms with Gasteiger partial charge in [-0.1, -0.05) is 36.9 Å². The molecule has 0 aliphatic carbocycles. The highest BCUT2D eigenvalue weighted by atomic mass is 16.7. The first-order valence-electron chi connectivity index (χ1n) is 3.86. The molecule has 0 bridgehead atoms. The summed E-state index contributed by atoms with van der Waals surface area (Å²) in [5.74, 6) is 0.696. The van der Waals surface area contributed by atoms with Gasteiger partial charge < -0.3 is 9.47 Å². The summed E-state index contributed by atoms with van der Waals surface area (Å²) < 4.78 is 10.4. The Morgan fingerprint density at radius 2 is 2.00 bits per heavy atom. The highest BCUT2D eigenvalue weighted by Crippen LogP contribution is 2.29. The number of ether oxygens (including phenoxy) is 2. The van der Waals surface area contributed by atoms with Crippen LogP contribution < -0.4 is 0 Å². The zero-order valence-corrected chi connectivity index (χ0v) is 6.69. The van der Waals surface area contributed by atoms with Gasteiger partial charge in [0, 0.05) is 0 Å². The average Bonchev–Trinajstić information content (AvgIpc) is 2.53. The molecule has 2 nitrogen and oxygen atoms in total. The van der Waals surface area contributed by atoms with Crippen molar-refractivity contribution in [1.82, 2.24) is 0 Å². The van der Waals surface area contributed by atoms with Gasteiger partial charge in [0.2, 0.25) is 0 Å². The highest BCUT2D eigenvalue weighted by molar-refractivity contribution is 5.23. The van der Waals surface area contributed by atoms with E-state index in [4.69, 9.17) is 9.47 Å². The van der Waals surface area contributed by atoms with Crippen LogP contribution in [-0.2, 0) is 9.47 Å². The summed E-state index contributed by atoms with van der Waals surface area (Å²) in [7, 11) is 0. The van der Waals surface area contributed by atoms with E-state index in [0.29, 0.717) is 12.6 Å². The lowest BCUT2D eigenvalue weighted by Gasteiger charge is -2.06. The van der Waals surface area contributed by atoms with Crippen molar-refractivity contribution in [2.24, 2.45) is 0 Å². The fourth-order valence-corrected chi connectivity index (χ4v) is 1.26. The van der Waals surface area contributed by atoms with Crippen LogP contribution in [0, 0.1) is 0 Å². The average molecular weight is 162 g/mol. The number of benzene rings is 1. The number of rotatable bonds is 1. The molecule has 1 aliphatic rings. The van der Waals surface area contributed by atoms with Crippen molar-refractivity contribution >= 4 is 0 Å². The molecule has 2 heteroatoms. The summed E-state index contributed by atoms with van der Waals surface area (Å²) in [6, 6.07) is 9.94. The largest absolute Gasteiger partial charge is 0.469 e. The minimum atomic E-state index is -0.0776. The Kier molecular flexibility index (Phi) is 1.84. The van der Waals surface area contributed by atoms with Gasteiger partial charge in [0.1, 0.15) is 11.9 Å². The molecule has 0 aromatic heterocycles. The number of hydrogen-bond acceptors (Lipinski definition) is 2. The van der Waals surface area contributed by atoms with Crippen molar-refractivity contribution in [2.45, 2.75) is 6.10 Å². The van der Waals surface area contributed by atoms with Gasteiger partial charge in [-0.05, 0) is 5.56 Å². The predicted octanol–water partition coefficient (Wildman–Crippen LogP) is 2.25. The molecular weight excluding hydrogens is 152 g/mol. The molecule has 0 N–H and O–H groups in total. The topological polar surface area (TPSA) is 18.5 Å². The summed E-state index contributed by atoms with van der Waals surface area (Å²) in [5.41, 5.74) is 1.10. The molecule has 1 aliphatic heterocycles. The monoisotopic (exact) mass is 162 g/mol. The standard InChI is InChI=1S/C10H10O2/c1-8-10(12-7-11-8)9-5-3-2-4-6-9/h2-6,10H,1,7H2. The lowest BCUT2D eigenvalue weighted by Crippen LogP contribution is -1.96. The quantitative estimate of drug-likeness (QED) is 0.630. The Labute approximate surface area is 71.4 Å². The van der Waals surface area contributed by atoms with Crippen LogP contribution in [0.25, 0.3) is 0 Å². The molecule has 1 heterocycles. The molecule has 0 saturated carbocycles. The Bertz CT molecular complexity index is 279. The molecule has 1 unspecified atom stereocenters. The van der Waals surface area contributed by atoms with Gasteiger partial charge in [-0.2, -0.15) is 0 Å². The zero-order valence-electron chi connectivity index (χ0n) is 6.69. The first-order valence-corrected chi connectivity index (χ1v) is 3.86. The van der Waals surface area contributed by atoms with E-state index in [-0.39, 0.29) is 6.10 Å². The molecule has 1 atom stereocenters. The maximum absolute atomic E-state index is 5.33. The van der Waals surface area contributed by atoms with Crippen LogP contribution in [0.15, 0.2) is 42.7 Å². The maximum Gasteiger partial charge on any atom is 0.189 e. The van der Waals surface area contributed by atoms with Crippen molar-refractivity contribution in [2.75, 3.05) is 6.79 Å². The van der Waals surface area contributed by atoms with Crippen LogP contribution in [0.2, 0.25) is 0 Å². The first-order chi connectivity index (χ1) is 5.88. The van der Waals surface area contributed by atoms with E-state index < -0.39 is 0 Å². The molecule has 1 fully saturated rings. The summed E-state index contributed by atoms with van der Waals surface area (Å²) in [5, 5.41) is 0. The molecule has 0 radical (unpaired) electrons. The first kappa shape index (κ1) is 7.37. The second kappa shape index (κ2) is 2.99. The van der Waals surface area contributed by atoms with Crippen LogP contribution in [0.5, 0.6) is 0 Å². The summed E-state index contributed by atoms with van der Waals surface area (Å²) in [6.07, 6.45) is -0.0776. The predicted molar refractivity (Wildman–Crippen MR) is 45.4 cm³/mol. The van der Waals surface area contributed by atoms with Crippen molar-refractivity contribution in [3.05, 3.63) is 48.2 Å². The van der Waals surface area contributed by atoms with Crippen molar-refractivity contribution in [3.8, 4) is 0 Å². The van der Waals surface area contributed by atoms with Gasteiger partial charge >= 0.3 is 0 Å². The van der Waals surface area contributed by atoms with Gasteiger partial charge in [-0.25, -0.2) is 0 Å². The maximum atomic E-state index is 5.33. The SMILES string of the molecule is C=C1OCOC1c1ccccc1. The third-order valence-corrected chi connectivity index (χ3v) is 1.87. The highest BCUT2D eigenvalue weighted by Gasteiger charge is 2.22. The molecule has 1 aromatic carbocycles. The van der Waals surface area contributed by atoms with Crippen LogP contribution in [0.3, 0.4) is 0 Å². The zero-order chi connectivity index (χ0) is 8.39. The van der Waals surface area contributed by atoms with E-state index in [0.717, 1.165) is 5.56 Å². The van der Waals surface area contributed by atoms with Crippen LogP contribution in [0.4, 0.5) is 0 Å². The second-order valence-electron chi connectivity index (χ2n) is 2.69. The van der Waals surface area contributed by atoms with E-state index in [1.807, 2.05) is 30.3 Å². The third-order valence-electron chi connectivity index (χ3n) is 1.87. The third kappa shape index (κ3) is 1.21. The van der Waals surface area contributed by atoms with Crippen molar-refractivity contribution in [3.63, 3.8) is 0 Å². The van der Waals surface area contributed by atoms with Crippen LogP contribution in [-0.4, -0.2) is 6.79 Å². The van der Waals surface area contributed by atoms with Crippen LogP contribution in [0.1, 0.15) is 11.7 Å². The molecule has 1 saturated heterocycles. The lowest BCUT2D eigenvalue weighted by molar-refractivity contribution is 0.0494. The Morgan fingerprint density at radius 1 is 1.25 bits per heavy atom. The molecule has 0 spiro atoms. The molecule has 62 valence electrons. The summed E-state index contributed by atoms with van der Waals surface area (Å²) in [4.78, 5) is 0. The Morgan fingerprint density at radius 3 is 2.58 bits per heavy atom. The van der Waals surface area contributed by atoms with E-state index in [9.17, 15) is 0 Å². The van der Waals surface area contributed by atoms with Gasteiger partial charge in [-0.15, -0.1) is 0 Å². The molecule has 0 amide bonds. The normalized spacial score (nSPS) is 22.3. The van der Waals surface area contributed by atoms with Gasteiger partial charge in [0.25, 0.3) is 0 Å². The van der Waals surface area contributed by atoms with Gasteiger partial charge in [-0.3, -0.25) is 0 Å². The van der Waals surface area contributed by atoms with Gasteiger partial charge in [0.05, 0.1) is 0 Å². The van der Waals surface area contributed by atoms with E-state index in [2.05, 4.69) is 6.58 Å². The molecule has 1 aromatic rings. The van der Waals surface area contributed by atoms with Gasteiger partial charge in [0.15, 0.2) is 6.79 Å². The van der Waals surface area contributed by atoms with E-state index in [1.54, 1.807) is 0 Å². The smallest absolute Gasteiger partial charge is 0.189 e. The fraction of sp³-hybridized carbons (Fsp3) is 0.200. The molecule has 2 rings (SSSR count). The second-order valence-corrected chi connectivity index (χ2v) is 2.69. The Balaban J connectivity index is 2.25. The fourth-order valence-electron chi connectivity index (χ4n) is 1.26. The summed E-state index contributed by atoms with van der Waals surface area (Å²) in [6.45, 7) is 4.08. The minimum Gasteiger partial charge on any atom is -0.469 e. The summed E-state index contributed by atoms with van der Waals surface area (Å²) >= 11 is 0. The van der Waals surface area contributed by atoms with E-state index in [1.165, 1.54) is 0 Å². The number of hydrogen-bond donors (Lipinski definition) is 0.